The Labute approximate surface area is 285 Å². The molecule has 1 atom stereocenters. The number of rotatable bonds is 12. The van der Waals surface area contributed by atoms with Crippen LogP contribution in [0.2, 0.25) is 0 Å². The molecule has 258 valence electrons. The van der Waals surface area contributed by atoms with Gasteiger partial charge in [-0.05, 0) is 123 Å². The number of nitrogens with zero attached hydrogens (tertiary/aromatic N) is 2. The van der Waals surface area contributed by atoms with E-state index in [1.807, 2.05) is 38.4 Å². The zero-order valence-corrected chi connectivity index (χ0v) is 29.1. The van der Waals surface area contributed by atoms with Crippen molar-refractivity contribution in [3.05, 3.63) is 83.2 Å². The Morgan fingerprint density at radius 1 is 0.938 bits per heavy atom. The SMILES string of the molecule is CC.COc1cc(-c2cc(CNCC3CCN(CC4=CC(c5cc(O)c(O)c(C6CCC6)c5)NC=C4)CC3)ccn2)cc(OC)c1OC. The van der Waals surface area contributed by atoms with Crippen molar-refractivity contribution in [2.24, 2.45) is 5.92 Å². The monoisotopic (exact) mass is 656 g/mol. The highest BCUT2D eigenvalue weighted by molar-refractivity contribution is 5.69. The van der Waals surface area contributed by atoms with Crippen molar-refractivity contribution in [3.63, 3.8) is 0 Å². The standard InChI is InChI=1S/C37H46N4O5.C2H6/c1-44-34-19-29(20-35(45-2)37(34)46-3)31-15-25(7-11-39-31)22-38-21-24-9-13-41(14-10-24)23-26-8-12-40-32(16-26)28-17-30(27-5-4-6-27)36(43)33(42)18-28;1-2/h7-8,11-12,15-20,24,27,32,38,40,42-43H,4-6,9-10,13-14,21-23H2,1-3H3;1-2H3. The highest BCUT2D eigenvalue weighted by Gasteiger charge is 2.26. The Balaban J connectivity index is 0.00000221. The average molecular weight is 657 g/mol. The molecule has 2 fully saturated rings. The molecule has 0 bridgehead atoms. The van der Waals surface area contributed by atoms with E-state index in [1.54, 1.807) is 27.4 Å². The Kier molecular flexibility index (Phi) is 12.3. The van der Waals surface area contributed by atoms with Crippen LogP contribution in [-0.2, 0) is 6.54 Å². The number of likely N-dealkylation sites (tertiary alicyclic amines) is 1. The zero-order valence-electron chi connectivity index (χ0n) is 29.1. The molecular weight excluding hydrogens is 604 g/mol. The van der Waals surface area contributed by atoms with Gasteiger partial charge in [-0.1, -0.05) is 26.3 Å². The van der Waals surface area contributed by atoms with E-state index >= 15 is 0 Å². The molecule has 9 heteroatoms. The molecule has 3 aliphatic rings. The third-order valence-corrected chi connectivity index (χ3v) is 9.66. The molecule has 3 heterocycles. The molecule has 1 aliphatic carbocycles. The maximum absolute atomic E-state index is 10.4. The van der Waals surface area contributed by atoms with Gasteiger partial charge in [0.2, 0.25) is 5.75 Å². The predicted molar refractivity (Wildman–Crippen MR) is 191 cm³/mol. The normalized spacial score (nSPS) is 18.2. The second-order valence-electron chi connectivity index (χ2n) is 12.6. The molecule has 1 unspecified atom stereocenters. The van der Waals surface area contributed by atoms with Crippen LogP contribution in [0.15, 0.2) is 66.5 Å². The van der Waals surface area contributed by atoms with Crippen molar-refractivity contribution in [1.29, 1.82) is 0 Å². The van der Waals surface area contributed by atoms with Crippen LogP contribution in [0.25, 0.3) is 11.3 Å². The van der Waals surface area contributed by atoms with E-state index in [0.717, 1.165) is 80.8 Å². The lowest BCUT2D eigenvalue weighted by molar-refractivity contribution is 0.195. The molecule has 9 nitrogen and oxygen atoms in total. The third-order valence-electron chi connectivity index (χ3n) is 9.66. The summed E-state index contributed by atoms with van der Waals surface area (Å²) in [4.78, 5) is 7.13. The van der Waals surface area contributed by atoms with Gasteiger partial charge in [-0.15, -0.1) is 0 Å². The number of hydrogen-bond acceptors (Lipinski definition) is 9. The maximum Gasteiger partial charge on any atom is 0.203 e. The zero-order chi connectivity index (χ0) is 34.0. The number of aromatic nitrogens is 1. The molecule has 1 saturated heterocycles. The Morgan fingerprint density at radius 2 is 1.67 bits per heavy atom. The summed E-state index contributed by atoms with van der Waals surface area (Å²) in [7, 11) is 4.84. The first-order valence-corrected chi connectivity index (χ1v) is 17.3. The second-order valence-corrected chi connectivity index (χ2v) is 12.6. The molecule has 6 rings (SSSR count). The van der Waals surface area contributed by atoms with E-state index in [-0.39, 0.29) is 17.5 Å². The van der Waals surface area contributed by atoms with Gasteiger partial charge in [0.1, 0.15) is 0 Å². The minimum atomic E-state index is -0.0238. The largest absolute Gasteiger partial charge is 0.504 e. The Morgan fingerprint density at radius 3 is 2.31 bits per heavy atom. The molecule has 0 spiro atoms. The fourth-order valence-electron chi connectivity index (χ4n) is 6.75. The third kappa shape index (κ3) is 8.25. The minimum absolute atomic E-state index is 0.0189. The number of dihydropyridines is 1. The lowest BCUT2D eigenvalue weighted by Gasteiger charge is -2.33. The highest BCUT2D eigenvalue weighted by Crippen LogP contribution is 2.45. The van der Waals surface area contributed by atoms with Crippen LogP contribution in [0, 0.1) is 5.92 Å². The van der Waals surface area contributed by atoms with Crippen molar-refractivity contribution in [3.8, 4) is 40.0 Å². The number of aromatic hydroxyl groups is 2. The summed E-state index contributed by atoms with van der Waals surface area (Å²) in [6, 6.07) is 11.8. The van der Waals surface area contributed by atoms with Crippen LogP contribution in [0.5, 0.6) is 28.7 Å². The minimum Gasteiger partial charge on any atom is -0.504 e. The summed E-state index contributed by atoms with van der Waals surface area (Å²) in [5, 5.41) is 28.0. The fourth-order valence-corrected chi connectivity index (χ4v) is 6.75. The van der Waals surface area contributed by atoms with Gasteiger partial charge in [0.05, 0.1) is 33.1 Å². The molecule has 3 aromatic rings. The van der Waals surface area contributed by atoms with E-state index in [1.165, 1.54) is 17.6 Å². The molecule has 1 saturated carbocycles. The van der Waals surface area contributed by atoms with Crippen LogP contribution in [0.4, 0.5) is 0 Å². The first-order chi connectivity index (χ1) is 23.4. The van der Waals surface area contributed by atoms with Gasteiger partial charge in [-0.3, -0.25) is 9.88 Å². The average Bonchev–Trinajstić information content (AvgIpc) is 3.10. The van der Waals surface area contributed by atoms with E-state index in [4.69, 9.17) is 14.2 Å². The number of phenols is 2. The first kappa shape index (κ1) is 35.1. The van der Waals surface area contributed by atoms with Gasteiger partial charge in [-0.2, -0.15) is 0 Å². The van der Waals surface area contributed by atoms with Gasteiger partial charge in [0, 0.05) is 30.4 Å². The van der Waals surface area contributed by atoms with Gasteiger partial charge >= 0.3 is 0 Å². The van der Waals surface area contributed by atoms with Gasteiger partial charge in [-0.25, -0.2) is 0 Å². The number of pyridine rings is 1. The van der Waals surface area contributed by atoms with Crippen molar-refractivity contribution in [2.75, 3.05) is 47.5 Å². The summed E-state index contributed by atoms with van der Waals surface area (Å²) in [5.41, 5.74) is 6.10. The number of methoxy groups -OCH3 is 3. The van der Waals surface area contributed by atoms with Gasteiger partial charge in [0.25, 0.3) is 0 Å². The van der Waals surface area contributed by atoms with Gasteiger partial charge < -0.3 is 35.1 Å². The number of phenolic OH excluding ortho intramolecular Hbond substituents is 2. The van der Waals surface area contributed by atoms with Gasteiger partial charge in [0.15, 0.2) is 23.0 Å². The first-order valence-electron chi connectivity index (χ1n) is 17.3. The van der Waals surface area contributed by atoms with Crippen LogP contribution >= 0.6 is 0 Å². The Hall–Kier alpha value is -4.21. The molecule has 4 N–H and O–H groups in total. The van der Waals surface area contributed by atoms with Crippen LogP contribution in [0.1, 0.15) is 74.6 Å². The smallest absolute Gasteiger partial charge is 0.203 e. The number of hydrogen-bond donors (Lipinski definition) is 4. The quantitative estimate of drug-likeness (QED) is 0.152. The molecule has 0 radical (unpaired) electrons. The lowest BCUT2D eigenvalue weighted by atomic mass is 9.78. The van der Waals surface area contributed by atoms with Crippen LogP contribution < -0.4 is 24.8 Å². The van der Waals surface area contributed by atoms with E-state index in [2.05, 4.69) is 50.9 Å². The molecule has 1 aromatic heterocycles. The second kappa shape index (κ2) is 16.8. The summed E-state index contributed by atoms with van der Waals surface area (Å²) in [6.07, 6.45) is 13.9. The molecule has 2 aliphatic heterocycles. The molecular formula is C39H52N4O5. The summed E-state index contributed by atoms with van der Waals surface area (Å²) >= 11 is 0. The van der Waals surface area contributed by atoms with E-state index in [0.29, 0.717) is 29.1 Å². The molecule has 48 heavy (non-hydrogen) atoms. The van der Waals surface area contributed by atoms with Crippen molar-refractivity contribution >= 4 is 0 Å². The number of benzene rings is 2. The molecule has 2 aromatic carbocycles. The summed E-state index contributed by atoms with van der Waals surface area (Å²) < 4.78 is 16.5. The highest BCUT2D eigenvalue weighted by atomic mass is 16.5. The molecule has 0 amide bonds. The van der Waals surface area contributed by atoms with Crippen molar-refractivity contribution in [2.45, 2.75) is 64.5 Å². The predicted octanol–water partition coefficient (Wildman–Crippen LogP) is 7.07. The Bertz CT molecular complexity index is 1550. The lowest BCUT2D eigenvalue weighted by Crippen LogP contribution is -2.38. The number of ether oxygens (including phenoxy) is 3. The van der Waals surface area contributed by atoms with Crippen LogP contribution in [-0.4, -0.2) is 67.6 Å². The summed E-state index contributed by atoms with van der Waals surface area (Å²) in [5.74, 6) is 2.79. The van der Waals surface area contributed by atoms with E-state index < -0.39 is 0 Å². The number of piperidine rings is 1. The number of nitrogens with one attached hydrogen (secondary N) is 2. The van der Waals surface area contributed by atoms with Crippen LogP contribution in [0.3, 0.4) is 0 Å². The van der Waals surface area contributed by atoms with Crippen molar-refractivity contribution < 1.29 is 24.4 Å². The fraction of sp³-hybridized carbons (Fsp3) is 0.462. The van der Waals surface area contributed by atoms with E-state index in [9.17, 15) is 10.2 Å². The van der Waals surface area contributed by atoms with Crippen molar-refractivity contribution in [1.82, 2.24) is 20.5 Å². The summed E-state index contributed by atoms with van der Waals surface area (Å²) in [6.45, 7) is 8.82. The maximum atomic E-state index is 10.4. The topological polar surface area (TPSA) is 108 Å².